The van der Waals surface area contributed by atoms with Crippen LogP contribution in [0.25, 0.3) is 0 Å². The molecule has 160 valence electrons. The van der Waals surface area contributed by atoms with E-state index in [-0.39, 0.29) is 23.1 Å². The number of sulfonamides is 1. The lowest BCUT2D eigenvalue weighted by Crippen LogP contribution is -2.30. The van der Waals surface area contributed by atoms with Gasteiger partial charge in [-0.1, -0.05) is 26.0 Å². The number of halogens is 1. The van der Waals surface area contributed by atoms with Gasteiger partial charge in [-0.05, 0) is 52.3 Å². The number of amides is 2. The van der Waals surface area contributed by atoms with Crippen molar-refractivity contribution in [2.75, 3.05) is 29.9 Å². The van der Waals surface area contributed by atoms with Crippen LogP contribution in [0.3, 0.4) is 0 Å². The maximum absolute atomic E-state index is 12.7. The number of carbonyl (C=O) groups is 2. The standard InChI is InChI=1S/C21H24BrN3O4S/c1-3-24(4-2)30(28,29)17-11-9-16(10-12-17)23-21(27)15-13-20(26)25(14-15)19-8-6-5-7-18(19)22/h5-12,15H,3-4,13-14H2,1-2H3,(H,23,27). The van der Waals surface area contributed by atoms with E-state index in [0.29, 0.717) is 25.3 Å². The van der Waals surface area contributed by atoms with Crippen molar-refractivity contribution in [2.24, 2.45) is 5.92 Å². The van der Waals surface area contributed by atoms with Gasteiger partial charge in [-0.15, -0.1) is 0 Å². The lowest BCUT2D eigenvalue weighted by Gasteiger charge is -2.19. The summed E-state index contributed by atoms with van der Waals surface area (Å²) in [6.45, 7) is 4.65. The molecule has 1 aliphatic rings. The summed E-state index contributed by atoms with van der Waals surface area (Å²) in [7, 11) is -3.55. The fraction of sp³-hybridized carbons (Fsp3) is 0.333. The molecule has 1 N–H and O–H groups in total. The number of nitrogens with one attached hydrogen (secondary N) is 1. The van der Waals surface area contributed by atoms with Gasteiger partial charge in [0.2, 0.25) is 21.8 Å². The molecule has 1 unspecified atom stereocenters. The third kappa shape index (κ3) is 4.58. The molecule has 9 heteroatoms. The summed E-state index contributed by atoms with van der Waals surface area (Å²) >= 11 is 3.44. The minimum absolute atomic E-state index is 0.109. The van der Waals surface area contributed by atoms with E-state index in [4.69, 9.17) is 0 Å². The number of benzene rings is 2. The Morgan fingerprint density at radius 1 is 1.13 bits per heavy atom. The molecular weight excluding hydrogens is 470 g/mol. The SMILES string of the molecule is CCN(CC)S(=O)(=O)c1ccc(NC(=O)C2CC(=O)N(c3ccccc3Br)C2)cc1. The number of carbonyl (C=O) groups excluding carboxylic acids is 2. The minimum Gasteiger partial charge on any atom is -0.326 e. The molecule has 1 fully saturated rings. The molecule has 2 amide bonds. The van der Waals surface area contributed by atoms with E-state index in [1.54, 1.807) is 30.9 Å². The molecule has 0 saturated carbocycles. The van der Waals surface area contributed by atoms with E-state index in [9.17, 15) is 18.0 Å². The number of para-hydroxylation sites is 1. The van der Waals surface area contributed by atoms with Crippen LogP contribution < -0.4 is 10.2 Å². The largest absolute Gasteiger partial charge is 0.326 e. The first kappa shape index (κ1) is 22.5. The zero-order valence-electron chi connectivity index (χ0n) is 16.8. The zero-order valence-corrected chi connectivity index (χ0v) is 19.2. The number of hydrogen-bond donors (Lipinski definition) is 1. The van der Waals surface area contributed by atoms with Crippen molar-refractivity contribution in [3.8, 4) is 0 Å². The number of hydrogen-bond acceptors (Lipinski definition) is 4. The highest BCUT2D eigenvalue weighted by Crippen LogP contribution is 2.31. The van der Waals surface area contributed by atoms with E-state index >= 15 is 0 Å². The molecule has 1 atom stereocenters. The average Bonchev–Trinajstić information content (AvgIpc) is 3.11. The molecule has 1 heterocycles. The van der Waals surface area contributed by atoms with Crippen LogP contribution in [0.2, 0.25) is 0 Å². The van der Waals surface area contributed by atoms with Crippen LogP contribution in [0.5, 0.6) is 0 Å². The molecule has 0 radical (unpaired) electrons. The number of nitrogens with zero attached hydrogens (tertiary/aromatic N) is 2. The Hall–Kier alpha value is -2.23. The fourth-order valence-corrected chi connectivity index (χ4v) is 5.41. The van der Waals surface area contributed by atoms with Crippen LogP contribution >= 0.6 is 15.9 Å². The number of anilines is 2. The second-order valence-corrected chi connectivity index (χ2v) is 9.75. The molecule has 0 bridgehead atoms. The molecule has 30 heavy (non-hydrogen) atoms. The molecule has 0 aliphatic carbocycles. The van der Waals surface area contributed by atoms with Crippen LogP contribution in [0.1, 0.15) is 20.3 Å². The van der Waals surface area contributed by atoms with Crippen LogP contribution in [-0.2, 0) is 19.6 Å². The van der Waals surface area contributed by atoms with Gasteiger partial charge in [0.25, 0.3) is 0 Å². The molecule has 0 aromatic heterocycles. The van der Waals surface area contributed by atoms with Gasteiger partial charge in [0.15, 0.2) is 0 Å². The highest BCUT2D eigenvalue weighted by atomic mass is 79.9. The van der Waals surface area contributed by atoms with Crippen LogP contribution in [0, 0.1) is 5.92 Å². The average molecular weight is 494 g/mol. The molecule has 0 spiro atoms. The summed E-state index contributed by atoms with van der Waals surface area (Å²) in [4.78, 5) is 26.9. The predicted molar refractivity (Wildman–Crippen MR) is 120 cm³/mol. The van der Waals surface area contributed by atoms with Gasteiger partial charge in [0.1, 0.15) is 0 Å². The maximum atomic E-state index is 12.7. The molecule has 2 aromatic rings. The Morgan fingerprint density at radius 3 is 2.37 bits per heavy atom. The first-order chi connectivity index (χ1) is 14.3. The van der Waals surface area contributed by atoms with Crippen LogP contribution in [0.15, 0.2) is 57.9 Å². The monoisotopic (exact) mass is 493 g/mol. The Bertz CT molecular complexity index is 1040. The minimum atomic E-state index is -3.55. The van der Waals surface area contributed by atoms with E-state index in [0.717, 1.165) is 10.2 Å². The molecule has 1 saturated heterocycles. The van der Waals surface area contributed by atoms with E-state index < -0.39 is 15.9 Å². The zero-order chi connectivity index (χ0) is 21.9. The third-order valence-electron chi connectivity index (χ3n) is 5.10. The second kappa shape index (κ2) is 9.28. The van der Waals surface area contributed by atoms with E-state index in [2.05, 4.69) is 21.2 Å². The Balaban J connectivity index is 1.68. The lowest BCUT2D eigenvalue weighted by molar-refractivity contribution is -0.122. The van der Waals surface area contributed by atoms with Crippen molar-refractivity contribution in [3.05, 3.63) is 53.0 Å². The summed E-state index contributed by atoms with van der Waals surface area (Å²) in [5, 5.41) is 2.79. The first-order valence-electron chi connectivity index (χ1n) is 9.73. The van der Waals surface area contributed by atoms with Gasteiger partial charge in [-0.3, -0.25) is 9.59 Å². The van der Waals surface area contributed by atoms with Crippen molar-refractivity contribution in [3.63, 3.8) is 0 Å². The predicted octanol–water partition coefficient (Wildman–Crippen LogP) is 3.47. The highest BCUT2D eigenvalue weighted by Gasteiger charge is 2.35. The quantitative estimate of drug-likeness (QED) is 0.639. The lowest BCUT2D eigenvalue weighted by atomic mass is 10.1. The Kier molecular flexibility index (Phi) is 6.95. The van der Waals surface area contributed by atoms with Crippen molar-refractivity contribution < 1.29 is 18.0 Å². The van der Waals surface area contributed by atoms with Crippen molar-refractivity contribution >= 4 is 49.1 Å². The van der Waals surface area contributed by atoms with Gasteiger partial charge >= 0.3 is 0 Å². The summed E-state index contributed by atoms with van der Waals surface area (Å²) < 4.78 is 27.3. The third-order valence-corrected chi connectivity index (χ3v) is 7.84. The molecule has 7 nitrogen and oxygen atoms in total. The molecule has 2 aromatic carbocycles. The summed E-state index contributed by atoms with van der Waals surface area (Å²) in [5.41, 5.74) is 1.23. The van der Waals surface area contributed by atoms with E-state index in [1.165, 1.54) is 16.4 Å². The van der Waals surface area contributed by atoms with Gasteiger partial charge in [0, 0.05) is 36.2 Å². The highest BCUT2D eigenvalue weighted by molar-refractivity contribution is 9.10. The Labute approximate surface area is 185 Å². The van der Waals surface area contributed by atoms with Crippen LogP contribution in [0.4, 0.5) is 11.4 Å². The molecular formula is C21H24BrN3O4S. The summed E-state index contributed by atoms with van der Waals surface area (Å²) in [5.74, 6) is -0.858. The molecule has 3 rings (SSSR count). The summed E-state index contributed by atoms with van der Waals surface area (Å²) in [6.07, 6.45) is 0.127. The van der Waals surface area contributed by atoms with E-state index in [1.807, 2.05) is 24.3 Å². The van der Waals surface area contributed by atoms with Crippen molar-refractivity contribution in [1.29, 1.82) is 0 Å². The molecule has 1 aliphatic heterocycles. The van der Waals surface area contributed by atoms with Crippen molar-refractivity contribution in [1.82, 2.24) is 4.31 Å². The van der Waals surface area contributed by atoms with Gasteiger partial charge in [0.05, 0.1) is 16.5 Å². The Morgan fingerprint density at radius 2 is 1.77 bits per heavy atom. The number of rotatable bonds is 7. The first-order valence-corrected chi connectivity index (χ1v) is 12.0. The normalized spacial score (nSPS) is 16.9. The second-order valence-electron chi connectivity index (χ2n) is 6.96. The van der Waals surface area contributed by atoms with Crippen LogP contribution in [-0.4, -0.2) is 44.2 Å². The topological polar surface area (TPSA) is 86.8 Å². The maximum Gasteiger partial charge on any atom is 0.243 e. The van der Waals surface area contributed by atoms with Crippen molar-refractivity contribution in [2.45, 2.75) is 25.2 Å². The fourth-order valence-electron chi connectivity index (χ4n) is 3.45. The van der Waals surface area contributed by atoms with Gasteiger partial charge in [-0.25, -0.2) is 8.42 Å². The van der Waals surface area contributed by atoms with Gasteiger partial charge in [-0.2, -0.15) is 4.31 Å². The van der Waals surface area contributed by atoms with Gasteiger partial charge < -0.3 is 10.2 Å². The summed E-state index contributed by atoms with van der Waals surface area (Å²) in [6, 6.07) is 13.5. The smallest absolute Gasteiger partial charge is 0.243 e.